The lowest BCUT2D eigenvalue weighted by atomic mass is 10.0. The monoisotopic (exact) mass is 505 g/mol. The van der Waals surface area contributed by atoms with Crippen molar-refractivity contribution in [2.75, 3.05) is 12.0 Å². The van der Waals surface area contributed by atoms with E-state index in [2.05, 4.69) is 31.1 Å². The normalized spacial score (nSPS) is 17.9. The van der Waals surface area contributed by atoms with E-state index in [4.69, 9.17) is 21.4 Å². The summed E-state index contributed by atoms with van der Waals surface area (Å²) in [6.07, 6.45) is 1.79. The second-order valence-corrected chi connectivity index (χ2v) is 8.71. The van der Waals surface area contributed by atoms with Crippen LogP contribution < -0.4 is 15.0 Å². The fourth-order valence-electron chi connectivity index (χ4n) is 3.95. The lowest BCUT2D eigenvalue weighted by Gasteiger charge is -2.26. The van der Waals surface area contributed by atoms with Crippen LogP contribution in [-0.4, -0.2) is 17.2 Å². The highest BCUT2D eigenvalue weighted by Crippen LogP contribution is 2.43. The number of nitrogens with one attached hydrogen (secondary N) is 1. The maximum atomic E-state index is 6.38. The lowest BCUT2D eigenvalue weighted by Crippen LogP contribution is -2.29. The smallest absolute Gasteiger partial charge is 0.174 e. The van der Waals surface area contributed by atoms with Crippen molar-refractivity contribution < 1.29 is 9.15 Å². The highest BCUT2D eigenvalue weighted by molar-refractivity contribution is 9.10. The first-order valence-electron chi connectivity index (χ1n) is 10.1. The molecule has 0 saturated carbocycles. The maximum Gasteiger partial charge on any atom is 0.174 e. The van der Waals surface area contributed by atoms with Gasteiger partial charge in [0.25, 0.3) is 0 Å². The van der Waals surface area contributed by atoms with Gasteiger partial charge < -0.3 is 19.4 Å². The summed E-state index contributed by atoms with van der Waals surface area (Å²) in [7, 11) is 1.66. The molecule has 0 spiro atoms. The minimum Gasteiger partial charge on any atom is -0.497 e. The van der Waals surface area contributed by atoms with Crippen LogP contribution >= 0.6 is 28.1 Å². The van der Waals surface area contributed by atoms with Crippen molar-refractivity contribution in [2.24, 2.45) is 0 Å². The summed E-state index contributed by atoms with van der Waals surface area (Å²) in [6.45, 7) is 0. The third-order valence-electron chi connectivity index (χ3n) is 5.50. The summed E-state index contributed by atoms with van der Waals surface area (Å²) in [6, 6.07) is 25.5. The van der Waals surface area contributed by atoms with E-state index in [0.29, 0.717) is 5.11 Å². The van der Waals surface area contributed by atoms with Crippen LogP contribution in [0.3, 0.4) is 0 Å². The number of furan rings is 1. The average Bonchev–Trinajstić information content (AvgIpc) is 3.45. The van der Waals surface area contributed by atoms with Crippen LogP contribution in [0, 0.1) is 0 Å². The zero-order valence-corrected chi connectivity index (χ0v) is 19.6. The van der Waals surface area contributed by atoms with E-state index in [-0.39, 0.29) is 12.1 Å². The molecule has 0 amide bonds. The van der Waals surface area contributed by atoms with Crippen molar-refractivity contribution in [3.05, 3.63) is 101 Å². The Hall–Kier alpha value is -3.16. The first-order valence-corrected chi connectivity index (χ1v) is 11.3. The van der Waals surface area contributed by atoms with Gasteiger partial charge in [-0.05, 0) is 72.9 Å². The van der Waals surface area contributed by atoms with E-state index in [0.717, 1.165) is 38.7 Å². The molecule has 1 saturated heterocycles. The van der Waals surface area contributed by atoms with Crippen molar-refractivity contribution in [3.63, 3.8) is 0 Å². The van der Waals surface area contributed by atoms with Gasteiger partial charge in [0.05, 0.1) is 18.8 Å². The van der Waals surface area contributed by atoms with Gasteiger partial charge in [0.15, 0.2) is 5.11 Å². The largest absolute Gasteiger partial charge is 0.497 e. The minimum atomic E-state index is -0.199. The molecule has 0 radical (unpaired) electrons. The number of pyridine rings is 1. The van der Waals surface area contributed by atoms with Crippen LogP contribution in [0.15, 0.2) is 93.9 Å². The van der Waals surface area contributed by atoms with Gasteiger partial charge in [0.1, 0.15) is 23.3 Å². The van der Waals surface area contributed by atoms with Crippen molar-refractivity contribution in [1.82, 2.24) is 10.3 Å². The number of ether oxygens (including phenoxy) is 1. The molecule has 1 N–H and O–H groups in total. The number of benzene rings is 2. The number of rotatable bonds is 5. The molecule has 1 fully saturated rings. The Morgan fingerprint density at radius 2 is 1.78 bits per heavy atom. The molecule has 2 aromatic heterocycles. The Morgan fingerprint density at radius 3 is 2.47 bits per heavy atom. The Bertz CT molecular complexity index is 1230. The summed E-state index contributed by atoms with van der Waals surface area (Å²) >= 11 is 9.25. The van der Waals surface area contributed by atoms with Gasteiger partial charge in [-0.2, -0.15) is 0 Å². The van der Waals surface area contributed by atoms with Crippen LogP contribution in [0.1, 0.15) is 23.5 Å². The number of halogens is 1. The SMILES string of the molecule is COc1ccc(N2C(=S)N[C@H](c3ccccn3)[C@@H]2c2ccc(-c3ccc(Br)cc3)o2)cc1. The minimum absolute atomic E-state index is 0.158. The third kappa shape index (κ3) is 3.89. The number of thiocarbonyl (C=S) groups is 1. The summed E-state index contributed by atoms with van der Waals surface area (Å²) in [4.78, 5) is 6.67. The van der Waals surface area contributed by atoms with E-state index < -0.39 is 0 Å². The Morgan fingerprint density at radius 1 is 1.00 bits per heavy atom. The number of anilines is 1. The highest BCUT2D eigenvalue weighted by Gasteiger charge is 2.42. The quantitative estimate of drug-likeness (QED) is 0.321. The molecule has 1 aliphatic heterocycles. The van der Waals surface area contributed by atoms with E-state index in [1.165, 1.54) is 0 Å². The average molecular weight is 506 g/mol. The van der Waals surface area contributed by atoms with E-state index in [9.17, 15) is 0 Å². The first-order chi connectivity index (χ1) is 15.6. The third-order valence-corrected chi connectivity index (χ3v) is 6.34. The summed E-state index contributed by atoms with van der Waals surface area (Å²) < 4.78 is 12.7. The van der Waals surface area contributed by atoms with Gasteiger partial charge in [0.2, 0.25) is 0 Å². The van der Waals surface area contributed by atoms with Gasteiger partial charge in [-0.15, -0.1) is 0 Å². The van der Waals surface area contributed by atoms with Gasteiger partial charge in [-0.25, -0.2) is 0 Å². The molecule has 0 unspecified atom stereocenters. The number of hydrogen-bond donors (Lipinski definition) is 1. The number of methoxy groups -OCH3 is 1. The molecule has 3 heterocycles. The van der Waals surface area contributed by atoms with Gasteiger partial charge in [-0.1, -0.05) is 34.1 Å². The molecular formula is C25H20BrN3O2S. The standard InChI is InChI=1S/C25H20BrN3O2S/c1-30-19-11-9-18(10-12-19)29-24(23(28-25(29)32)20-4-2-3-15-27-20)22-14-13-21(31-22)16-5-7-17(26)8-6-16/h2-15,23-24H,1H3,(H,28,32)/t23-,24+/m1/s1. The Kier molecular flexibility index (Phi) is 5.68. The summed E-state index contributed by atoms with van der Waals surface area (Å²) in [5.41, 5.74) is 2.86. The van der Waals surface area contributed by atoms with Gasteiger partial charge in [0, 0.05) is 21.9 Å². The number of aromatic nitrogens is 1. The fraction of sp³-hybridized carbons (Fsp3) is 0.120. The lowest BCUT2D eigenvalue weighted by molar-refractivity contribution is 0.414. The van der Waals surface area contributed by atoms with Gasteiger partial charge in [-0.3, -0.25) is 4.98 Å². The molecule has 4 aromatic rings. The zero-order chi connectivity index (χ0) is 22.1. The molecule has 2 atom stereocenters. The second kappa shape index (κ2) is 8.76. The number of hydrogen-bond acceptors (Lipinski definition) is 4. The molecule has 5 rings (SSSR count). The molecular weight excluding hydrogens is 486 g/mol. The Labute approximate surface area is 200 Å². The van der Waals surface area contributed by atoms with Crippen molar-refractivity contribution in [2.45, 2.75) is 12.1 Å². The van der Waals surface area contributed by atoms with Gasteiger partial charge >= 0.3 is 0 Å². The van der Waals surface area contributed by atoms with Crippen LogP contribution in [-0.2, 0) is 0 Å². The predicted octanol–water partition coefficient (Wildman–Crippen LogP) is 6.29. The topological polar surface area (TPSA) is 50.5 Å². The number of nitrogens with zero attached hydrogens (tertiary/aromatic N) is 2. The summed E-state index contributed by atoms with van der Waals surface area (Å²) in [5, 5.41) is 4.07. The molecule has 2 aromatic carbocycles. The van der Waals surface area contributed by atoms with Crippen LogP contribution in [0.2, 0.25) is 0 Å². The molecule has 32 heavy (non-hydrogen) atoms. The molecule has 0 aliphatic carbocycles. The Balaban J connectivity index is 1.57. The van der Waals surface area contributed by atoms with E-state index in [1.807, 2.05) is 78.9 Å². The predicted molar refractivity (Wildman–Crippen MR) is 133 cm³/mol. The second-order valence-electron chi connectivity index (χ2n) is 7.40. The molecule has 7 heteroatoms. The molecule has 160 valence electrons. The van der Waals surface area contributed by atoms with E-state index in [1.54, 1.807) is 13.3 Å². The van der Waals surface area contributed by atoms with Crippen molar-refractivity contribution >= 4 is 38.9 Å². The highest BCUT2D eigenvalue weighted by atomic mass is 79.9. The first kappa shape index (κ1) is 20.7. The zero-order valence-electron chi connectivity index (χ0n) is 17.2. The van der Waals surface area contributed by atoms with E-state index >= 15 is 0 Å². The summed E-state index contributed by atoms with van der Waals surface area (Å²) in [5.74, 6) is 2.40. The van der Waals surface area contributed by atoms with Crippen molar-refractivity contribution in [1.29, 1.82) is 0 Å². The maximum absolute atomic E-state index is 6.38. The van der Waals surface area contributed by atoms with Crippen LogP contribution in [0.25, 0.3) is 11.3 Å². The van der Waals surface area contributed by atoms with Crippen LogP contribution in [0.5, 0.6) is 5.75 Å². The van der Waals surface area contributed by atoms with Crippen molar-refractivity contribution in [3.8, 4) is 17.1 Å². The fourth-order valence-corrected chi connectivity index (χ4v) is 4.56. The van der Waals surface area contributed by atoms with Crippen LogP contribution in [0.4, 0.5) is 5.69 Å². The molecule has 0 bridgehead atoms. The molecule has 5 nitrogen and oxygen atoms in total. The molecule has 1 aliphatic rings.